The van der Waals surface area contributed by atoms with E-state index >= 15 is 0 Å². The Kier molecular flexibility index (Phi) is 6.40. The zero-order valence-electron chi connectivity index (χ0n) is 16.3. The number of hydrogen-bond acceptors (Lipinski definition) is 5. The Morgan fingerprint density at radius 3 is 2.67 bits per heavy atom. The second-order valence-electron chi connectivity index (χ2n) is 7.00. The van der Waals surface area contributed by atoms with Crippen molar-refractivity contribution in [3.63, 3.8) is 0 Å². The maximum absolute atomic E-state index is 12.4. The number of likely N-dealkylation sites (tertiary alicyclic amines) is 1. The van der Waals surface area contributed by atoms with E-state index in [0.29, 0.717) is 30.0 Å². The number of aryl methyl sites for hydroxylation is 1. The number of methoxy groups -OCH3 is 1. The number of piperidine rings is 1. The van der Waals surface area contributed by atoms with E-state index in [9.17, 15) is 4.79 Å². The molecule has 0 unspecified atom stereocenters. The van der Waals surface area contributed by atoms with E-state index in [0.717, 1.165) is 37.5 Å². The lowest BCUT2D eigenvalue weighted by Crippen LogP contribution is -2.35. The quantitative estimate of drug-likeness (QED) is 0.809. The van der Waals surface area contributed by atoms with Crippen molar-refractivity contribution in [2.24, 2.45) is 0 Å². The molecule has 1 aromatic heterocycles. The molecule has 1 amide bonds. The van der Waals surface area contributed by atoms with Gasteiger partial charge in [0.2, 0.25) is 0 Å². The summed E-state index contributed by atoms with van der Waals surface area (Å²) in [6, 6.07) is 9.18. The minimum Gasteiger partial charge on any atom is -0.493 e. The van der Waals surface area contributed by atoms with Gasteiger partial charge in [0.05, 0.1) is 7.11 Å². The SMILES string of the molecule is COc1cc(C(=O)NCCc2ccc(C)o2)ccc1OC1CCN(C)CC1. The van der Waals surface area contributed by atoms with Crippen LogP contribution in [0.15, 0.2) is 34.7 Å². The van der Waals surface area contributed by atoms with Crippen molar-refractivity contribution in [2.45, 2.75) is 32.3 Å². The first-order valence-electron chi connectivity index (χ1n) is 9.42. The van der Waals surface area contributed by atoms with Crippen LogP contribution in [0.3, 0.4) is 0 Å². The number of nitrogens with zero attached hydrogens (tertiary/aromatic N) is 1. The maximum atomic E-state index is 12.4. The Morgan fingerprint density at radius 1 is 1.22 bits per heavy atom. The first kappa shape index (κ1) is 19.3. The molecule has 2 aromatic rings. The van der Waals surface area contributed by atoms with Gasteiger partial charge in [-0.2, -0.15) is 0 Å². The van der Waals surface area contributed by atoms with E-state index in [4.69, 9.17) is 13.9 Å². The summed E-state index contributed by atoms with van der Waals surface area (Å²) in [5, 5.41) is 2.91. The summed E-state index contributed by atoms with van der Waals surface area (Å²) < 4.78 is 17.1. The van der Waals surface area contributed by atoms with Gasteiger partial charge in [0, 0.05) is 31.6 Å². The van der Waals surface area contributed by atoms with Crippen molar-refractivity contribution >= 4 is 5.91 Å². The van der Waals surface area contributed by atoms with Crippen molar-refractivity contribution in [1.29, 1.82) is 0 Å². The molecule has 0 bridgehead atoms. The third-order valence-corrected chi connectivity index (χ3v) is 4.84. The van der Waals surface area contributed by atoms with Crippen molar-refractivity contribution in [3.8, 4) is 11.5 Å². The molecule has 1 N–H and O–H groups in total. The van der Waals surface area contributed by atoms with Gasteiger partial charge >= 0.3 is 0 Å². The Balaban J connectivity index is 1.56. The number of nitrogens with one attached hydrogen (secondary N) is 1. The normalized spacial score (nSPS) is 15.5. The lowest BCUT2D eigenvalue weighted by molar-refractivity contribution is 0.0952. The molecule has 0 spiro atoms. The van der Waals surface area contributed by atoms with Crippen molar-refractivity contribution in [1.82, 2.24) is 10.2 Å². The van der Waals surface area contributed by atoms with Gasteiger partial charge in [-0.15, -0.1) is 0 Å². The highest BCUT2D eigenvalue weighted by Crippen LogP contribution is 2.30. The lowest BCUT2D eigenvalue weighted by atomic mass is 10.1. The summed E-state index contributed by atoms with van der Waals surface area (Å²) in [5.74, 6) is 2.88. The van der Waals surface area contributed by atoms with Gasteiger partial charge in [-0.3, -0.25) is 4.79 Å². The topological polar surface area (TPSA) is 63.9 Å². The molecule has 0 radical (unpaired) electrons. The molecule has 3 rings (SSSR count). The summed E-state index contributed by atoms with van der Waals surface area (Å²) >= 11 is 0. The molecule has 6 heteroatoms. The van der Waals surface area contributed by atoms with E-state index in [1.807, 2.05) is 25.1 Å². The van der Waals surface area contributed by atoms with Crippen molar-refractivity contribution in [2.75, 3.05) is 33.8 Å². The van der Waals surface area contributed by atoms with Gasteiger partial charge in [-0.25, -0.2) is 0 Å². The van der Waals surface area contributed by atoms with E-state index in [1.54, 1.807) is 19.2 Å². The number of furan rings is 1. The number of carbonyl (C=O) groups excluding carboxylic acids is 1. The van der Waals surface area contributed by atoms with Crippen LogP contribution in [0.1, 0.15) is 34.7 Å². The fourth-order valence-corrected chi connectivity index (χ4v) is 3.21. The van der Waals surface area contributed by atoms with E-state index in [-0.39, 0.29) is 12.0 Å². The fourth-order valence-electron chi connectivity index (χ4n) is 3.21. The third kappa shape index (κ3) is 5.26. The average Bonchev–Trinajstić information content (AvgIpc) is 3.09. The molecular weight excluding hydrogens is 344 g/mol. The molecule has 2 heterocycles. The number of benzene rings is 1. The number of hydrogen-bond donors (Lipinski definition) is 1. The number of rotatable bonds is 7. The Bertz CT molecular complexity index is 763. The Morgan fingerprint density at radius 2 is 2.00 bits per heavy atom. The summed E-state index contributed by atoms with van der Waals surface area (Å²) in [4.78, 5) is 14.7. The van der Waals surface area contributed by atoms with Crippen LogP contribution in [-0.2, 0) is 6.42 Å². The summed E-state index contributed by atoms with van der Waals surface area (Å²) in [5.41, 5.74) is 0.554. The van der Waals surface area contributed by atoms with Crippen LogP contribution in [0.4, 0.5) is 0 Å². The molecule has 0 saturated carbocycles. The molecule has 1 aromatic carbocycles. The van der Waals surface area contributed by atoms with Gasteiger partial charge in [0.25, 0.3) is 5.91 Å². The van der Waals surface area contributed by atoms with Crippen LogP contribution < -0.4 is 14.8 Å². The first-order valence-corrected chi connectivity index (χ1v) is 9.42. The molecule has 0 aliphatic carbocycles. The molecule has 1 aliphatic rings. The van der Waals surface area contributed by atoms with Crippen LogP contribution in [-0.4, -0.2) is 50.7 Å². The van der Waals surface area contributed by atoms with Crippen LogP contribution in [0.25, 0.3) is 0 Å². The molecule has 27 heavy (non-hydrogen) atoms. The van der Waals surface area contributed by atoms with Crippen LogP contribution in [0.2, 0.25) is 0 Å². The number of amides is 1. The highest BCUT2D eigenvalue weighted by Gasteiger charge is 2.20. The summed E-state index contributed by atoms with van der Waals surface area (Å²) in [7, 11) is 3.72. The molecule has 6 nitrogen and oxygen atoms in total. The second kappa shape index (κ2) is 8.95. The predicted molar refractivity (Wildman–Crippen MR) is 104 cm³/mol. The fraction of sp³-hybridized carbons (Fsp3) is 0.476. The van der Waals surface area contributed by atoms with Gasteiger partial charge in [-0.1, -0.05) is 0 Å². The minimum atomic E-state index is -0.137. The van der Waals surface area contributed by atoms with Gasteiger partial charge in [0.1, 0.15) is 17.6 Å². The monoisotopic (exact) mass is 372 g/mol. The third-order valence-electron chi connectivity index (χ3n) is 4.84. The first-order chi connectivity index (χ1) is 13.0. The van der Waals surface area contributed by atoms with Crippen molar-refractivity contribution in [3.05, 3.63) is 47.4 Å². The zero-order chi connectivity index (χ0) is 19.2. The lowest BCUT2D eigenvalue weighted by Gasteiger charge is -2.29. The molecule has 1 fully saturated rings. The average molecular weight is 372 g/mol. The highest BCUT2D eigenvalue weighted by atomic mass is 16.5. The summed E-state index contributed by atoms with van der Waals surface area (Å²) in [6.07, 6.45) is 2.84. The Labute approximate surface area is 160 Å². The maximum Gasteiger partial charge on any atom is 0.251 e. The molecule has 1 saturated heterocycles. The highest BCUT2D eigenvalue weighted by molar-refractivity contribution is 5.94. The van der Waals surface area contributed by atoms with Crippen LogP contribution >= 0.6 is 0 Å². The standard InChI is InChI=1S/C21H28N2O4/c1-15-4-6-17(26-15)8-11-22-21(24)16-5-7-19(20(14-16)25-3)27-18-9-12-23(2)13-10-18/h4-7,14,18H,8-13H2,1-3H3,(H,22,24). The Hall–Kier alpha value is -2.47. The molecular formula is C21H28N2O4. The van der Waals surface area contributed by atoms with Gasteiger partial charge in [0.15, 0.2) is 11.5 Å². The van der Waals surface area contributed by atoms with E-state index in [2.05, 4.69) is 17.3 Å². The summed E-state index contributed by atoms with van der Waals surface area (Å²) in [6.45, 7) is 4.48. The second-order valence-corrected chi connectivity index (χ2v) is 7.00. The van der Waals surface area contributed by atoms with Crippen LogP contribution in [0, 0.1) is 6.92 Å². The minimum absolute atomic E-state index is 0.137. The smallest absolute Gasteiger partial charge is 0.251 e. The zero-order valence-corrected chi connectivity index (χ0v) is 16.3. The molecule has 0 atom stereocenters. The number of carbonyl (C=O) groups is 1. The molecule has 1 aliphatic heterocycles. The van der Waals surface area contributed by atoms with Gasteiger partial charge in [-0.05, 0) is 57.1 Å². The largest absolute Gasteiger partial charge is 0.493 e. The van der Waals surface area contributed by atoms with E-state index in [1.165, 1.54) is 0 Å². The molecule has 146 valence electrons. The number of ether oxygens (including phenoxy) is 2. The van der Waals surface area contributed by atoms with Gasteiger partial charge < -0.3 is 24.1 Å². The van der Waals surface area contributed by atoms with Crippen LogP contribution in [0.5, 0.6) is 11.5 Å². The van der Waals surface area contributed by atoms with Crippen molar-refractivity contribution < 1.29 is 18.7 Å². The predicted octanol–water partition coefficient (Wildman–Crippen LogP) is 3.04. The van der Waals surface area contributed by atoms with E-state index < -0.39 is 0 Å².